The molecular formula is C21H21ClN4O3S2. The van der Waals surface area contributed by atoms with E-state index in [-0.39, 0.29) is 17.6 Å². The number of hydrogen-bond acceptors (Lipinski definition) is 7. The third kappa shape index (κ3) is 4.49. The first kappa shape index (κ1) is 21.9. The first-order valence-corrected chi connectivity index (χ1v) is 12.1. The van der Waals surface area contributed by atoms with Crippen molar-refractivity contribution in [2.24, 2.45) is 7.05 Å². The maximum absolute atomic E-state index is 12.6. The number of benzene rings is 1. The van der Waals surface area contributed by atoms with Gasteiger partial charge >= 0.3 is 5.97 Å². The second kappa shape index (κ2) is 9.42. The second-order valence-corrected chi connectivity index (χ2v) is 9.42. The fourth-order valence-electron chi connectivity index (χ4n) is 3.52. The van der Waals surface area contributed by atoms with Crippen molar-refractivity contribution in [1.82, 2.24) is 14.8 Å². The van der Waals surface area contributed by atoms with E-state index >= 15 is 0 Å². The van der Waals surface area contributed by atoms with Crippen LogP contribution in [0.2, 0.25) is 5.02 Å². The van der Waals surface area contributed by atoms with E-state index in [9.17, 15) is 9.59 Å². The highest BCUT2D eigenvalue weighted by atomic mass is 35.5. The quantitative estimate of drug-likeness (QED) is 0.396. The number of esters is 1. The number of fused-ring (bicyclic) bond motifs is 1. The molecule has 4 rings (SSSR count). The van der Waals surface area contributed by atoms with Crippen LogP contribution in [0.4, 0.5) is 5.00 Å². The topological polar surface area (TPSA) is 86.1 Å². The summed E-state index contributed by atoms with van der Waals surface area (Å²) in [6.45, 7) is 2.07. The van der Waals surface area contributed by atoms with Crippen LogP contribution in [-0.2, 0) is 29.4 Å². The van der Waals surface area contributed by atoms with Gasteiger partial charge in [-0.2, -0.15) is 0 Å². The van der Waals surface area contributed by atoms with Gasteiger partial charge in [-0.1, -0.05) is 35.5 Å². The first-order chi connectivity index (χ1) is 15.0. The van der Waals surface area contributed by atoms with Crippen LogP contribution in [0.25, 0.3) is 11.4 Å². The smallest absolute Gasteiger partial charge is 0.341 e. The molecule has 0 atom stereocenters. The predicted molar refractivity (Wildman–Crippen MR) is 123 cm³/mol. The number of nitrogens with one attached hydrogen (secondary N) is 1. The monoisotopic (exact) mass is 476 g/mol. The lowest BCUT2D eigenvalue weighted by Gasteiger charge is -2.08. The number of thiophene rings is 1. The Morgan fingerprint density at radius 2 is 2.10 bits per heavy atom. The Balaban J connectivity index is 1.45. The van der Waals surface area contributed by atoms with Crippen LogP contribution in [0, 0.1) is 0 Å². The Labute approximate surface area is 193 Å². The number of anilines is 1. The van der Waals surface area contributed by atoms with Crippen LogP contribution < -0.4 is 5.32 Å². The van der Waals surface area contributed by atoms with Gasteiger partial charge in [-0.25, -0.2) is 4.79 Å². The summed E-state index contributed by atoms with van der Waals surface area (Å²) in [7, 11) is 1.83. The molecule has 0 saturated carbocycles. The summed E-state index contributed by atoms with van der Waals surface area (Å²) in [4.78, 5) is 26.2. The van der Waals surface area contributed by atoms with Gasteiger partial charge in [-0.05, 0) is 43.9 Å². The first-order valence-electron chi connectivity index (χ1n) is 9.88. The molecule has 1 aromatic carbocycles. The fraction of sp³-hybridized carbons (Fsp3) is 0.333. The summed E-state index contributed by atoms with van der Waals surface area (Å²) in [5, 5.41) is 13.1. The molecule has 1 amide bonds. The molecule has 2 aromatic heterocycles. The number of thioether (sulfide) groups is 1. The van der Waals surface area contributed by atoms with Gasteiger partial charge in [0.25, 0.3) is 0 Å². The van der Waals surface area contributed by atoms with Gasteiger partial charge < -0.3 is 14.6 Å². The van der Waals surface area contributed by atoms with E-state index in [1.54, 1.807) is 13.0 Å². The average molecular weight is 477 g/mol. The summed E-state index contributed by atoms with van der Waals surface area (Å²) in [6, 6.07) is 7.41. The van der Waals surface area contributed by atoms with Gasteiger partial charge in [0.05, 0.1) is 22.9 Å². The molecule has 0 bridgehead atoms. The van der Waals surface area contributed by atoms with Crippen molar-refractivity contribution in [2.75, 3.05) is 17.7 Å². The largest absolute Gasteiger partial charge is 0.462 e. The van der Waals surface area contributed by atoms with Crippen LogP contribution in [-0.4, -0.2) is 39.0 Å². The fourth-order valence-corrected chi connectivity index (χ4v) is 5.75. The van der Waals surface area contributed by atoms with Crippen molar-refractivity contribution in [1.29, 1.82) is 0 Å². The number of rotatable bonds is 7. The molecule has 0 spiro atoms. The van der Waals surface area contributed by atoms with Crippen LogP contribution in [0.15, 0.2) is 29.4 Å². The van der Waals surface area contributed by atoms with Crippen molar-refractivity contribution in [2.45, 2.75) is 31.3 Å². The van der Waals surface area contributed by atoms with E-state index in [4.69, 9.17) is 16.3 Å². The van der Waals surface area contributed by atoms with Gasteiger partial charge in [0.2, 0.25) is 5.91 Å². The molecule has 1 N–H and O–H groups in total. The number of halogens is 1. The molecule has 10 heteroatoms. The number of aromatic nitrogens is 3. The summed E-state index contributed by atoms with van der Waals surface area (Å²) in [6.07, 6.45) is 2.80. The van der Waals surface area contributed by atoms with Gasteiger partial charge in [-0.3, -0.25) is 4.79 Å². The minimum absolute atomic E-state index is 0.138. The third-order valence-corrected chi connectivity index (χ3v) is 7.49. The number of hydrogen-bond donors (Lipinski definition) is 1. The molecule has 0 radical (unpaired) electrons. The van der Waals surface area contributed by atoms with Crippen molar-refractivity contribution in [3.63, 3.8) is 0 Å². The van der Waals surface area contributed by atoms with E-state index in [1.165, 1.54) is 23.1 Å². The van der Waals surface area contributed by atoms with Crippen LogP contribution in [0.5, 0.6) is 0 Å². The highest BCUT2D eigenvalue weighted by molar-refractivity contribution is 7.99. The highest BCUT2D eigenvalue weighted by Gasteiger charge is 2.28. The molecular weight excluding hydrogens is 456 g/mol. The van der Waals surface area contributed by atoms with Crippen LogP contribution in [0.3, 0.4) is 0 Å². The Bertz CT molecular complexity index is 1140. The molecule has 1 aliphatic rings. The third-order valence-electron chi connectivity index (χ3n) is 4.94. The van der Waals surface area contributed by atoms with Gasteiger partial charge in [-0.15, -0.1) is 21.5 Å². The Morgan fingerprint density at radius 3 is 2.87 bits per heavy atom. The van der Waals surface area contributed by atoms with E-state index in [0.717, 1.165) is 35.3 Å². The normalized spacial score (nSPS) is 12.6. The zero-order chi connectivity index (χ0) is 22.0. The maximum Gasteiger partial charge on any atom is 0.341 e. The van der Waals surface area contributed by atoms with E-state index in [2.05, 4.69) is 15.5 Å². The van der Waals surface area contributed by atoms with Gasteiger partial charge in [0, 0.05) is 17.5 Å². The molecule has 0 unspecified atom stereocenters. The average Bonchev–Trinajstić information content (AvgIpc) is 3.42. The molecule has 3 aromatic rings. The molecule has 31 heavy (non-hydrogen) atoms. The lowest BCUT2D eigenvalue weighted by Crippen LogP contribution is -2.17. The van der Waals surface area contributed by atoms with E-state index in [0.29, 0.717) is 33.2 Å². The Morgan fingerprint density at radius 1 is 1.29 bits per heavy atom. The van der Waals surface area contributed by atoms with Crippen molar-refractivity contribution in [3.8, 4) is 11.4 Å². The van der Waals surface area contributed by atoms with Crippen LogP contribution in [0.1, 0.15) is 34.1 Å². The molecule has 7 nitrogen and oxygen atoms in total. The number of aryl methyl sites for hydroxylation is 1. The number of nitrogens with zero attached hydrogens (tertiary/aromatic N) is 3. The second-order valence-electron chi connectivity index (χ2n) is 6.96. The summed E-state index contributed by atoms with van der Waals surface area (Å²) in [5.41, 5.74) is 2.31. The molecule has 162 valence electrons. The molecule has 0 saturated heterocycles. The number of ether oxygens (including phenoxy) is 1. The predicted octanol–water partition coefficient (Wildman–Crippen LogP) is 4.59. The lowest BCUT2D eigenvalue weighted by molar-refractivity contribution is -0.113. The van der Waals surface area contributed by atoms with Gasteiger partial charge in [0.15, 0.2) is 11.0 Å². The van der Waals surface area contributed by atoms with Crippen molar-refractivity contribution < 1.29 is 14.3 Å². The molecule has 0 aliphatic heterocycles. The zero-order valence-corrected chi connectivity index (χ0v) is 19.5. The molecule has 0 fully saturated rings. The van der Waals surface area contributed by atoms with E-state index in [1.807, 2.05) is 29.8 Å². The van der Waals surface area contributed by atoms with Gasteiger partial charge in [0.1, 0.15) is 5.00 Å². The minimum atomic E-state index is -0.373. The lowest BCUT2D eigenvalue weighted by atomic mass is 10.1. The summed E-state index contributed by atoms with van der Waals surface area (Å²) < 4.78 is 7.02. The van der Waals surface area contributed by atoms with E-state index < -0.39 is 0 Å². The Kier molecular flexibility index (Phi) is 6.64. The zero-order valence-electron chi connectivity index (χ0n) is 17.1. The summed E-state index contributed by atoms with van der Waals surface area (Å²) in [5.74, 6) is 0.187. The maximum atomic E-state index is 12.6. The van der Waals surface area contributed by atoms with Crippen LogP contribution >= 0.6 is 34.7 Å². The van der Waals surface area contributed by atoms with Crippen molar-refractivity contribution in [3.05, 3.63) is 45.3 Å². The SMILES string of the molecule is CCOC(=O)c1c(NC(=O)CSc2nnc(-c3ccccc3Cl)n2C)sc2c1CCC2. The Hall–Kier alpha value is -2.36. The number of amides is 1. The number of carbonyl (C=O) groups is 2. The standard InChI is InChI=1S/C21H21ClN4O3S2/c1-3-29-20(28)17-13-8-6-10-15(13)31-19(17)23-16(27)11-30-21-25-24-18(26(21)2)12-7-4-5-9-14(12)22/h4-5,7,9H,3,6,8,10-11H2,1-2H3,(H,23,27). The molecule has 2 heterocycles. The van der Waals surface area contributed by atoms with Crippen molar-refractivity contribution >= 4 is 51.6 Å². The number of carbonyl (C=O) groups excluding carboxylic acids is 2. The minimum Gasteiger partial charge on any atom is -0.462 e. The molecule has 1 aliphatic carbocycles. The summed E-state index contributed by atoms with van der Waals surface area (Å²) >= 11 is 9.01. The highest BCUT2D eigenvalue weighted by Crippen LogP contribution is 2.39.